The number of nitrogens with one attached hydrogen (secondary N) is 1. The van der Waals surface area contributed by atoms with Crippen molar-refractivity contribution >= 4 is 44.0 Å². The van der Waals surface area contributed by atoms with Crippen molar-refractivity contribution < 1.29 is 37.3 Å². The Bertz CT molecular complexity index is 1460. The number of H-pyrrole nitrogens is 1. The number of carbonyl (C=O) groups is 2. The second-order valence-corrected chi connectivity index (χ2v) is 11.6. The molecule has 0 saturated carbocycles. The Balaban J connectivity index is 1.52. The molecule has 1 unspecified atom stereocenters. The second-order valence-electron chi connectivity index (χ2n) is 9.16. The first-order chi connectivity index (χ1) is 19.5. The van der Waals surface area contributed by atoms with E-state index < -0.39 is 58.3 Å². The molecule has 0 amide bonds. The summed E-state index contributed by atoms with van der Waals surface area (Å²) in [4.78, 5) is 52.3. The molecule has 3 atom stereocenters. The maximum Gasteiger partial charge on any atom is 0.344 e. The topological polar surface area (TPSA) is 174 Å². The number of rotatable bonds is 13. The molecule has 224 valence electrons. The highest BCUT2D eigenvalue weighted by molar-refractivity contribution is 9.11. The zero-order valence-corrected chi connectivity index (χ0v) is 24.9. The Morgan fingerprint density at radius 2 is 1.83 bits per heavy atom. The molecule has 0 radical (unpaired) electrons. The van der Waals surface area contributed by atoms with Crippen molar-refractivity contribution in [2.45, 2.75) is 56.4 Å². The van der Waals surface area contributed by atoms with Crippen LogP contribution in [0.25, 0.3) is 6.08 Å². The molecule has 0 bridgehead atoms. The molecule has 1 aliphatic rings. The van der Waals surface area contributed by atoms with Crippen molar-refractivity contribution in [1.82, 2.24) is 13.9 Å². The average Bonchev–Trinajstić information content (AvgIpc) is 3.31. The Labute approximate surface area is 244 Å². The van der Waals surface area contributed by atoms with Crippen molar-refractivity contribution in [2.75, 3.05) is 26.3 Å². The van der Waals surface area contributed by atoms with Crippen LogP contribution in [0.2, 0.25) is 0 Å². The van der Waals surface area contributed by atoms with Crippen molar-refractivity contribution in [3.05, 3.63) is 67.4 Å². The summed E-state index contributed by atoms with van der Waals surface area (Å²) >= 11 is 3.06. The van der Waals surface area contributed by atoms with Crippen LogP contribution in [-0.2, 0) is 29.0 Å². The van der Waals surface area contributed by atoms with Crippen molar-refractivity contribution in [3.8, 4) is 0 Å². The minimum absolute atomic E-state index is 0.000977. The average molecular weight is 659 g/mol. The number of sulfonamides is 1. The monoisotopic (exact) mass is 657 g/mol. The van der Waals surface area contributed by atoms with Crippen LogP contribution in [0.4, 0.5) is 0 Å². The number of hydrogen-bond acceptors (Lipinski definition) is 10. The van der Waals surface area contributed by atoms with Gasteiger partial charge in [-0.1, -0.05) is 29.8 Å². The second kappa shape index (κ2) is 14.7. The molecule has 1 aromatic carbocycles. The van der Waals surface area contributed by atoms with Crippen LogP contribution in [0.15, 0.2) is 49.9 Å². The van der Waals surface area contributed by atoms with Gasteiger partial charge in [0, 0.05) is 25.7 Å². The number of halogens is 1. The van der Waals surface area contributed by atoms with Gasteiger partial charge in [-0.3, -0.25) is 14.3 Å². The molecule has 1 aromatic heterocycles. The van der Waals surface area contributed by atoms with Crippen LogP contribution in [0, 0.1) is 0 Å². The molecule has 15 heteroatoms. The van der Waals surface area contributed by atoms with Crippen LogP contribution in [0.5, 0.6) is 0 Å². The molecule has 3 rings (SSSR count). The maximum absolute atomic E-state index is 12.9. The number of nitrogens with zero attached hydrogens (tertiary/aromatic N) is 2. The number of carbonyl (C=O) groups excluding carboxylic acids is 2. The van der Waals surface area contributed by atoms with Gasteiger partial charge in [0.2, 0.25) is 10.0 Å². The summed E-state index contributed by atoms with van der Waals surface area (Å²) in [5.74, 6) is -1.76. The highest BCUT2D eigenvalue weighted by Gasteiger charge is 2.36. The minimum atomic E-state index is -3.71. The first-order valence-corrected chi connectivity index (χ1v) is 15.3. The maximum atomic E-state index is 12.9. The van der Waals surface area contributed by atoms with E-state index in [9.17, 15) is 32.7 Å². The first-order valence-electron chi connectivity index (χ1n) is 12.9. The van der Waals surface area contributed by atoms with Crippen LogP contribution in [-0.4, -0.2) is 77.8 Å². The lowest BCUT2D eigenvalue weighted by Crippen LogP contribution is -2.33. The van der Waals surface area contributed by atoms with E-state index in [0.29, 0.717) is 25.9 Å². The van der Waals surface area contributed by atoms with Gasteiger partial charge in [-0.25, -0.2) is 22.8 Å². The van der Waals surface area contributed by atoms with E-state index >= 15 is 0 Å². The fraction of sp³-hybridized carbons (Fsp3) is 0.462. The van der Waals surface area contributed by atoms with Gasteiger partial charge >= 0.3 is 17.6 Å². The first kappa shape index (κ1) is 32.4. The third-order valence-electron chi connectivity index (χ3n) is 6.16. The van der Waals surface area contributed by atoms with Crippen molar-refractivity contribution in [2.24, 2.45) is 0 Å². The van der Waals surface area contributed by atoms with E-state index in [0.717, 1.165) is 4.57 Å². The summed E-state index contributed by atoms with van der Waals surface area (Å²) in [5, 5.41) is 10.3. The number of esters is 2. The summed E-state index contributed by atoms with van der Waals surface area (Å²) in [5.41, 5.74) is -1.09. The number of aliphatic hydroxyl groups excluding tert-OH is 1. The normalized spacial score (nSPS) is 19.1. The Morgan fingerprint density at radius 1 is 1.17 bits per heavy atom. The number of aliphatic hydroxyl groups is 1. The van der Waals surface area contributed by atoms with Gasteiger partial charge in [0.1, 0.15) is 18.9 Å². The Morgan fingerprint density at radius 3 is 2.44 bits per heavy atom. The molecule has 1 fully saturated rings. The van der Waals surface area contributed by atoms with Crippen LogP contribution >= 0.6 is 15.9 Å². The molecule has 0 spiro atoms. The van der Waals surface area contributed by atoms with Gasteiger partial charge in [-0.15, -0.1) is 0 Å². The van der Waals surface area contributed by atoms with E-state index in [2.05, 4.69) is 20.9 Å². The third kappa shape index (κ3) is 8.23. The van der Waals surface area contributed by atoms with E-state index in [4.69, 9.17) is 14.2 Å². The van der Waals surface area contributed by atoms with E-state index in [-0.39, 0.29) is 29.1 Å². The SMILES string of the molecule is CCCN(CCC)S(=O)(=O)c1ccc(C(=O)OCC(=O)OC[C@@H]2O[C@H](n3cc(/C=C/Br)c(=O)[nH]c3=O)CC2O)cc1. The number of aromatic nitrogens is 2. The van der Waals surface area contributed by atoms with Crippen LogP contribution in [0.3, 0.4) is 0 Å². The highest BCUT2D eigenvalue weighted by atomic mass is 79.9. The molecular weight excluding hydrogens is 626 g/mol. The van der Waals surface area contributed by atoms with E-state index in [1.54, 1.807) is 0 Å². The van der Waals surface area contributed by atoms with Gasteiger partial charge in [0.05, 0.1) is 22.1 Å². The van der Waals surface area contributed by atoms with Gasteiger partial charge in [0.15, 0.2) is 6.61 Å². The molecule has 2 aromatic rings. The predicted molar refractivity (Wildman–Crippen MR) is 151 cm³/mol. The fourth-order valence-corrected chi connectivity index (χ4v) is 6.03. The summed E-state index contributed by atoms with van der Waals surface area (Å²) in [6, 6.07) is 5.23. The number of hydrogen-bond donors (Lipinski definition) is 2. The van der Waals surface area contributed by atoms with Crippen LogP contribution in [0.1, 0.15) is 55.3 Å². The van der Waals surface area contributed by atoms with Gasteiger partial charge in [-0.2, -0.15) is 4.31 Å². The predicted octanol–water partition coefficient (Wildman–Crippen LogP) is 1.76. The van der Waals surface area contributed by atoms with E-state index in [1.165, 1.54) is 45.8 Å². The highest BCUT2D eigenvalue weighted by Crippen LogP contribution is 2.28. The van der Waals surface area contributed by atoms with Crippen LogP contribution < -0.4 is 11.2 Å². The Kier molecular flexibility index (Phi) is 11.6. The van der Waals surface area contributed by atoms with Gasteiger partial charge in [-0.05, 0) is 48.2 Å². The smallest absolute Gasteiger partial charge is 0.344 e. The minimum Gasteiger partial charge on any atom is -0.460 e. The molecule has 2 N–H and O–H groups in total. The molecular formula is C26H32BrN3O10S. The van der Waals surface area contributed by atoms with Crippen molar-refractivity contribution in [1.29, 1.82) is 0 Å². The number of aromatic amines is 1. The summed E-state index contributed by atoms with van der Waals surface area (Å²) in [6.07, 6.45) is 1.09. The zero-order chi connectivity index (χ0) is 30.2. The summed E-state index contributed by atoms with van der Waals surface area (Å²) < 4.78 is 44.0. The van der Waals surface area contributed by atoms with E-state index in [1.807, 2.05) is 13.8 Å². The molecule has 41 heavy (non-hydrogen) atoms. The molecule has 2 heterocycles. The zero-order valence-electron chi connectivity index (χ0n) is 22.5. The summed E-state index contributed by atoms with van der Waals surface area (Å²) in [6.45, 7) is 3.43. The molecule has 0 aliphatic carbocycles. The molecule has 1 saturated heterocycles. The lowest BCUT2D eigenvalue weighted by Gasteiger charge is -2.21. The third-order valence-corrected chi connectivity index (χ3v) is 8.33. The van der Waals surface area contributed by atoms with Gasteiger partial charge < -0.3 is 19.3 Å². The van der Waals surface area contributed by atoms with Gasteiger partial charge in [0.25, 0.3) is 5.56 Å². The lowest BCUT2D eigenvalue weighted by atomic mass is 10.2. The quantitative estimate of drug-likeness (QED) is 0.302. The standard InChI is InChI=1S/C26H32BrN3O10S/c1-3-11-29(12-4-2)41(36,37)19-7-5-17(6-8-19)25(34)39-16-23(32)38-15-21-20(31)13-22(40-21)30-14-18(9-10-27)24(33)28-26(30)35/h5-10,14,20-22,31H,3-4,11-13,15-16H2,1-2H3,(H,28,33,35)/b10-9+/t20?,21-,22-/m0/s1. The largest absolute Gasteiger partial charge is 0.460 e. The number of ether oxygens (including phenoxy) is 3. The number of benzene rings is 1. The summed E-state index contributed by atoms with van der Waals surface area (Å²) in [7, 11) is -3.71. The lowest BCUT2D eigenvalue weighted by molar-refractivity contribution is -0.153. The Hall–Kier alpha value is -3.11. The fourth-order valence-electron chi connectivity index (χ4n) is 4.12. The molecule has 13 nitrogen and oxygen atoms in total. The molecule has 1 aliphatic heterocycles. The van der Waals surface area contributed by atoms with Crippen molar-refractivity contribution in [3.63, 3.8) is 0 Å².